The molecule has 1 heteroatoms. The van der Waals surface area contributed by atoms with Crippen LogP contribution < -0.4 is 5.32 Å². The molecular formula is C8H15N. The molecule has 0 fully saturated rings. The van der Waals surface area contributed by atoms with Crippen molar-refractivity contribution in [2.45, 2.75) is 32.7 Å². The maximum atomic E-state index is 5.14. The van der Waals surface area contributed by atoms with Gasteiger partial charge in [-0.05, 0) is 19.9 Å². The highest BCUT2D eigenvalue weighted by atomic mass is 14.9. The van der Waals surface area contributed by atoms with Crippen molar-refractivity contribution in [3.05, 3.63) is 0 Å². The van der Waals surface area contributed by atoms with Crippen molar-refractivity contribution in [3.63, 3.8) is 0 Å². The first kappa shape index (κ1) is 8.52. The molecule has 0 heterocycles. The van der Waals surface area contributed by atoms with Gasteiger partial charge in [-0.3, -0.25) is 0 Å². The summed E-state index contributed by atoms with van der Waals surface area (Å²) >= 11 is 0. The number of unbranched alkanes of at least 4 members (excludes halogenated alkanes) is 1. The fraction of sp³-hybridized carbons (Fsp3) is 0.750. The number of terminal acetylenes is 1. The molecule has 52 valence electrons. The second-order valence-corrected chi connectivity index (χ2v) is 2.20. The van der Waals surface area contributed by atoms with Crippen molar-refractivity contribution >= 4 is 0 Å². The normalized spacial score (nSPS) is 12.6. The maximum Gasteiger partial charge on any atom is 0.0658 e. The van der Waals surface area contributed by atoms with E-state index in [-0.39, 0.29) is 6.04 Å². The third kappa shape index (κ3) is 5.39. The third-order valence-corrected chi connectivity index (χ3v) is 1.23. The van der Waals surface area contributed by atoms with Crippen LogP contribution in [0.4, 0.5) is 0 Å². The fourth-order valence-electron chi connectivity index (χ4n) is 0.554. The third-order valence-electron chi connectivity index (χ3n) is 1.23. The van der Waals surface area contributed by atoms with Crippen molar-refractivity contribution in [1.29, 1.82) is 0 Å². The van der Waals surface area contributed by atoms with Gasteiger partial charge in [-0.2, -0.15) is 0 Å². The van der Waals surface area contributed by atoms with E-state index in [2.05, 4.69) is 18.2 Å². The average Bonchev–Trinajstić information content (AvgIpc) is 1.89. The van der Waals surface area contributed by atoms with Crippen LogP contribution in [0.1, 0.15) is 26.7 Å². The van der Waals surface area contributed by atoms with Crippen LogP contribution in [-0.4, -0.2) is 12.6 Å². The van der Waals surface area contributed by atoms with Gasteiger partial charge in [-0.1, -0.05) is 19.3 Å². The van der Waals surface area contributed by atoms with Gasteiger partial charge in [0, 0.05) is 0 Å². The molecule has 0 aromatic carbocycles. The fourth-order valence-corrected chi connectivity index (χ4v) is 0.554. The van der Waals surface area contributed by atoms with Crippen molar-refractivity contribution in [2.24, 2.45) is 0 Å². The van der Waals surface area contributed by atoms with Crippen molar-refractivity contribution in [3.8, 4) is 12.3 Å². The summed E-state index contributed by atoms with van der Waals surface area (Å²) in [4.78, 5) is 0. The number of nitrogens with one attached hydrogen (secondary N) is 1. The smallest absolute Gasteiger partial charge is 0.0658 e. The summed E-state index contributed by atoms with van der Waals surface area (Å²) in [6, 6.07) is 0.233. The Morgan fingerprint density at radius 2 is 2.33 bits per heavy atom. The van der Waals surface area contributed by atoms with Gasteiger partial charge < -0.3 is 5.32 Å². The molecule has 0 saturated carbocycles. The van der Waals surface area contributed by atoms with Crippen LogP contribution in [0, 0.1) is 12.3 Å². The van der Waals surface area contributed by atoms with E-state index >= 15 is 0 Å². The quantitative estimate of drug-likeness (QED) is 0.442. The molecule has 0 aliphatic heterocycles. The summed E-state index contributed by atoms with van der Waals surface area (Å²) in [5.41, 5.74) is 0. The predicted molar refractivity (Wildman–Crippen MR) is 41.2 cm³/mol. The first-order valence-corrected chi connectivity index (χ1v) is 3.50. The number of rotatable bonds is 4. The monoisotopic (exact) mass is 125 g/mol. The highest BCUT2D eigenvalue weighted by Crippen LogP contribution is 1.84. The molecule has 1 atom stereocenters. The Kier molecular flexibility index (Phi) is 5.35. The largest absolute Gasteiger partial charge is 0.304 e. The minimum absolute atomic E-state index is 0.233. The summed E-state index contributed by atoms with van der Waals surface area (Å²) in [5, 5.41) is 3.20. The van der Waals surface area contributed by atoms with E-state index in [1.165, 1.54) is 12.8 Å². The highest BCUT2D eigenvalue weighted by Gasteiger charge is 1.90. The van der Waals surface area contributed by atoms with Crippen LogP contribution in [0.15, 0.2) is 0 Å². The lowest BCUT2D eigenvalue weighted by atomic mass is 10.3. The molecule has 9 heavy (non-hydrogen) atoms. The Hall–Kier alpha value is -0.480. The van der Waals surface area contributed by atoms with Crippen LogP contribution in [0.25, 0.3) is 0 Å². The molecular weight excluding hydrogens is 110 g/mol. The van der Waals surface area contributed by atoms with Gasteiger partial charge in [-0.15, -0.1) is 6.42 Å². The molecule has 0 radical (unpaired) electrons. The van der Waals surface area contributed by atoms with Gasteiger partial charge in [0.1, 0.15) is 0 Å². The molecule has 1 nitrogen and oxygen atoms in total. The molecule has 1 N–H and O–H groups in total. The van der Waals surface area contributed by atoms with E-state index in [1.54, 1.807) is 0 Å². The number of hydrogen-bond donors (Lipinski definition) is 1. The Balaban J connectivity index is 2.99. The lowest BCUT2D eigenvalue weighted by molar-refractivity contribution is 0.611. The summed E-state index contributed by atoms with van der Waals surface area (Å²) in [6.07, 6.45) is 7.58. The van der Waals surface area contributed by atoms with Gasteiger partial charge in [0.25, 0.3) is 0 Å². The molecule has 0 saturated heterocycles. The SMILES string of the molecule is C#CC(C)NCCCC. The van der Waals surface area contributed by atoms with E-state index in [4.69, 9.17) is 6.42 Å². The van der Waals surface area contributed by atoms with Gasteiger partial charge in [0.15, 0.2) is 0 Å². The van der Waals surface area contributed by atoms with Crippen LogP contribution >= 0.6 is 0 Å². The minimum Gasteiger partial charge on any atom is -0.304 e. The summed E-state index contributed by atoms with van der Waals surface area (Å²) in [6.45, 7) is 5.21. The van der Waals surface area contributed by atoms with Crippen LogP contribution in [0.5, 0.6) is 0 Å². The highest BCUT2D eigenvalue weighted by molar-refractivity contribution is 4.95. The van der Waals surface area contributed by atoms with Gasteiger partial charge in [0.05, 0.1) is 6.04 Å². The second-order valence-electron chi connectivity index (χ2n) is 2.20. The summed E-state index contributed by atoms with van der Waals surface area (Å²) in [7, 11) is 0. The van der Waals surface area contributed by atoms with E-state index in [0.717, 1.165) is 6.54 Å². The number of hydrogen-bond acceptors (Lipinski definition) is 1. The lowest BCUT2D eigenvalue weighted by Gasteiger charge is -2.04. The Morgan fingerprint density at radius 3 is 2.78 bits per heavy atom. The van der Waals surface area contributed by atoms with Gasteiger partial charge >= 0.3 is 0 Å². The zero-order valence-corrected chi connectivity index (χ0v) is 6.28. The van der Waals surface area contributed by atoms with Crippen molar-refractivity contribution < 1.29 is 0 Å². The zero-order chi connectivity index (χ0) is 7.11. The van der Waals surface area contributed by atoms with E-state index in [1.807, 2.05) is 6.92 Å². The maximum absolute atomic E-state index is 5.14. The Morgan fingerprint density at radius 1 is 1.67 bits per heavy atom. The molecule has 0 amide bonds. The molecule has 1 unspecified atom stereocenters. The van der Waals surface area contributed by atoms with Gasteiger partial charge in [-0.25, -0.2) is 0 Å². The zero-order valence-electron chi connectivity index (χ0n) is 6.28. The molecule has 0 aliphatic carbocycles. The van der Waals surface area contributed by atoms with Gasteiger partial charge in [0.2, 0.25) is 0 Å². The summed E-state index contributed by atoms with van der Waals surface area (Å²) < 4.78 is 0. The van der Waals surface area contributed by atoms with E-state index < -0.39 is 0 Å². The molecule has 0 aromatic heterocycles. The van der Waals surface area contributed by atoms with E-state index in [9.17, 15) is 0 Å². The van der Waals surface area contributed by atoms with Crippen molar-refractivity contribution in [2.75, 3.05) is 6.54 Å². The van der Waals surface area contributed by atoms with Crippen molar-refractivity contribution in [1.82, 2.24) is 5.32 Å². The Labute approximate surface area is 57.8 Å². The average molecular weight is 125 g/mol. The molecule has 0 rings (SSSR count). The van der Waals surface area contributed by atoms with Crippen LogP contribution in [-0.2, 0) is 0 Å². The lowest BCUT2D eigenvalue weighted by Crippen LogP contribution is -2.24. The van der Waals surface area contributed by atoms with E-state index in [0.29, 0.717) is 0 Å². The molecule has 0 spiro atoms. The molecule has 0 aromatic rings. The second kappa shape index (κ2) is 5.65. The summed E-state index contributed by atoms with van der Waals surface area (Å²) in [5.74, 6) is 2.61. The minimum atomic E-state index is 0.233. The van der Waals surface area contributed by atoms with Crippen LogP contribution in [0.2, 0.25) is 0 Å². The first-order chi connectivity index (χ1) is 4.31. The molecule has 0 aliphatic rings. The standard InChI is InChI=1S/C8H15N/c1-4-6-7-9-8(3)5-2/h2,8-9H,4,6-7H2,1,3H3. The van der Waals surface area contributed by atoms with Crippen LogP contribution in [0.3, 0.4) is 0 Å². The Bertz CT molecular complexity index is 91.2. The molecule has 0 bridgehead atoms. The predicted octanol–water partition coefficient (Wildman–Crippen LogP) is 1.40. The topological polar surface area (TPSA) is 12.0 Å². The first-order valence-electron chi connectivity index (χ1n) is 3.50.